The third-order valence-electron chi connectivity index (χ3n) is 7.28. The van der Waals surface area contributed by atoms with Gasteiger partial charge in [0.1, 0.15) is 0 Å². The lowest BCUT2D eigenvalue weighted by Gasteiger charge is -2.55. The van der Waals surface area contributed by atoms with Crippen molar-refractivity contribution in [3.63, 3.8) is 0 Å². The minimum Gasteiger partial charge on any atom is -0.415 e. The van der Waals surface area contributed by atoms with Gasteiger partial charge in [0.05, 0.1) is 5.75 Å². The number of nitrogens with one attached hydrogen (secondary N) is 1. The van der Waals surface area contributed by atoms with Gasteiger partial charge in [0.25, 0.3) is 5.22 Å². The fourth-order valence-corrected chi connectivity index (χ4v) is 6.88. The monoisotopic (exact) mass is 425 g/mol. The highest BCUT2D eigenvalue weighted by atomic mass is 32.2. The number of hydrogen-bond acceptors (Lipinski definition) is 5. The molecule has 1 amide bonds. The van der Waals surface area contributed by atoms with Crippen molar-refractivity contribution in [1.82, 2.24) is 10.2 Å². The molecule has 4 fully saturated rings. The number of aromatic nitrogens is 2. The van der Waals surface area contributed by atoms with Gasteiger partial charge in [-0.2, -0.15) is 0 Å². The molecule has 0 radical (unpaired) electrons. The largest absolute Gasteiger partial charge is 0.415 e. The van der Waals surface area contributed by atoms with Crippen LogP contribution in [0.2, 0.25) is 0 Å². The molecule has 1 aromatic heterocycles. The summed E-state index contributed by atoms with van der Waals surface area (Å²) in [5.41, 5.74) is 2.26. The zero-order valence-electron chi connectivity index (χ0n) is 17.7. The first-order valence-corrected chi connectivity index (χ1v) is 12.5. The van der Waals surface area contributed by atoms with E-state index in [4.69, 9.17) is 4.42 Å². The van der Waals surface area contributed by atoms with Crippen LogP contribution in [-0.4, -0.2) is 21.9 Å². The fraction of sp³-hybridized carbons (Fsp3) is 0.625. The summed E-state index contributed by atoms with van der Waals surface area (Å²) < 4.78 is 6.08. The van der Waals surface area contributed by atoms with Gasteiger partial charge >= 0.3 is 0 Å². The first-order chi connectivity index (χ1) is 14.6. The van der Waals surface area contributed by atoms with E-state index in [-0.39, 0.29) is 17.1 Å². The minimum atomic E-state index is -0.0455. The van der Waals surface area contributed by atoms with Crippen molar-refractivity contribution in [1.29, 1.82) is 0 Å². The second-order valence-electron chi connectivity index (χ2n) is 9.71. The van der Waals surface area contributed by atoms with Crippen LogP contribution < -0.4 is 5.32 Å². The second-order valence-corrected chi connectivity index (χ2v) is 10.6. The maximum atomic E-state index is 12.3. The van der Waals surface area contributed by atoms with E-state index in [9.17, 15) is 4.79 Å². The maximum Gasteiger partial charge on any atom is 0.277 e. The lowest BCUT2D eigenvalue weighted by atomic mass is 9.49. The van der Waals surface area contributed by atoms with Gasteiger partial charge in [0.2, 0.25) is 11.8 Å². The summed E-state index contributed by atoms with van der Waals surface area (Å²) in [6.45, 7) is 2.20. The molecule has 4 saturated carbocycles. The first-order valence-electron chi connectivity index (χ1n) is 11.5. The van der Waals surface area contributed by atoms with Crippen molar-refractivity contribution in [2.75, 3.05) is 11.1 Å². The molecular formula is C24H31N3O2S. The predicted molar refractivity (Wildman–Crippen MR) is 119 cm³/mol. The molecule has 4 aliphatic carbocycles. The Bertz CT molecular complexity index is 857. The molecule has 0 spiro atoms. The Morgan fingerprint density at radius 2 is 1.77 bits per heavy atom. The number of rotatable bonds is 8. The number of hydrogen-bond donors (Lipinski definition) is 1. The summed E-state index contributed by atoms with van der Waals surface area (Å²) >= 11 is 1.33. The van der Waals surface area contributed by atoms with Crippen LogP contribution in [0, 0.1) is 17.8 Å². The molecule has 4 aliphatic rings. The Balaban J connectivity index is 1.15. The summed E-state index contributed by atoms with van der Waals surface area (Å²) in [7, 11) is 0. The van der Waals surface area contributed by atoms with E-state index in [1.54, 1.807) is 0 Å². The van der Waals surface area contributed by atoms with Gasteiger partial charge < -0.3 is 9.73 Å². The topological polar surface area (TPSA) is 68.0 Å². The Hall–Kier alpha value is -1.82. The standard InChI is InChI=1S/C24H31N3O2S/c1-2-3-4-16-5-7-20(8-6-16)25-21(28)15-30-23-27-26-22(29-23)24-12-17-9-18(13-24)11-19(10-17)14-24/h5-8,17-19H,2-4,9-15H2,1H3,(H,25,28). The predicted octanol–water partition coefficient (Wildman–Crippen LogP) is 5.61. The number of nitrogens with zero attached hydrogens (tertiary/aromatic N) is 2. The minimum absolute atomic E-state index is 0.0455. The Morgan fingerprint density at radius 3 is 2.40 bits per heavy atom. The molecule has 5 nitrogen and oxygen atoms in total. The number of benzene rings is 1. The van der Waals surface area contributed by atoms with Gasteiger partial charge in [-0.25, -0.2) is 0 Å². The highest BCUT2D eigenvalue weighted by Crippen LogP contribution is 2.60. The van der Waals surface area contributed by atoms with Gasteiger partial charge in [-0.3, -0.25) is 4.79 Å². The lowest BCUT2D eigenvalue weighted by molar-refractivity contribution is -0.113. The van der Waals surface area contributed by atoms with Crippen molar-refractivity contribution in [3.05, 3.63) is 35.7 Å². The molecule has 160 valence electrons. The van der Waals surface area contributed by atoms with E-state index in [1.165, 1.54) is 68.7 Å². The number of thioether (sulfide) groups is 1. The van der Waals surface area contributed by atoms with Gasteiger partial charge in [-0.05, 0) is 86.8 Å². The van der Waals surface area contributed by atoms with Crippen molar-refractivity contribution in [2.24, 2.45) is 17.8 Å². The fourth-order valence-electron chi connectivity index (χ4n) is 6.31. The van der Waals surface area contributed by atoms with Crippen LogP contribution in [0.15, 0.2) is 33.9 Å². The van der Waals surface area contributed by atoms with Gasteiger partial charge in [-0.1, -0.05) is 37.2 Å². The summed E-state index contributed by atoms with van der Waals surface area (Å²) in [6.07, 6.45) is 11.3. The highest BCUT2D eigenvalue weighted by molar-refractivity contribution is 7.99. The van der Waals surface area contributed by atoms with Crippen LogP contribution in [0.4, 0.5) is 5.69 Å². The summed E-state index contributed by atoms with van der Waals surface area (Å²) in [5, 5.41) is 12.2. The smallest absolute Gasteiger partial charge is 0.277 e. The summed E-state index contributed by atoms with van der Waals surface area (Å²) in [6, 6.07) is 8.14. The van der Waals surface area contributed by atoms with E-state index < -0.39 is 0 Å². The number of unbranched alkanes of at least 4 members (excludes halogenated alkanes) is 1. The average Bonchev–Trinajstić information content (AvgIpc) is 3.21. The van der Waals surface area contributed by atoms with E-state index in [1.807, 2.05) is 12.1 Å². The molecule has 4 bridgehead atoms. The van der Waals surface area contributed by atoms with Crippen molar-refractivity contribution in [2.45, 2.75) is 75.3 Å². The van der Waals surface area contributed by atoms with Gasteiger partial charge in [0.15, 0.2) is 0 Å². The molecule has 1 heterocycles. The zero-order chi connectivity index (χ0) is 20.6. The van der Waals surface area contributed by atoms with Crippen LogP contribution in [-0.2, 0) is 16.6 Å². The highest BCUT2D eigenvalue weighted by Gasteiger charge is 2.54. The van der Waals surface area contributed by atoms with E-state index >= 15 is 0 Å². The number of carbonyl (C=O) groups is 1. The van der Waals surface area contributed by atoms with Crippen LogP contribution in [0.5, 0.6) is 0 Å². The van der Waals surface area contributed by atoms with E-state index in [2.05, 4.69) is 34.6 Å². The van der Waals surface area contributed by atoms with Crippen molar-refractivity contribution < 1.29 is 9.21 Å². The quantitative estimate of drug-likeness (QED) is 0.557. The second kappa shape index (κ2) is 8.37. The van der Waals surface area contributed by atoms with Crippen LogP contribution in [0.1, 0.15) is 69.7 Å². The molecule has 0 unspecified atom stereocenters. The summed E-state index contributed by atoms with van der Waals surface area (Å²) in [4.78, 5) is 12.3. The van der Waals surface area contributed by atoms with E-state index in [0.717, 1.165) is 35.8 Å². The molecule has 2 aromatic rings. The molecule has 6 heteroatoms. The molecule has 0 atom stereocenters. The number of carbonyl (C=O) groups excluding carboxylic acids is 1. The number of anilines is 1. The van der Waals surface area contributed by atoms with Gasteiger partial charge in [-0.15, -0.1) is 10.2 Å². The van der Waals surface area contributed by atoms with Crippen LogP contribution >= 0.6 is 11.8 Å². The van der Waals surface area contributed by atoms with Crippen LogP contribution in [0.3, 0.4) is 0 Å². The molecule has 6 rings (SSSR count). The molecule has 1 aromatic carbocycles. The molecule has 1 N–H and O–H groups in total. The van der Waals surface area contributed by atoms with Gasteiger partial charge in [0, 0.05) is 11.1 Å². The summed E-state index contributed by atoms with van der Waals surface area (Å²) in [5.74, 6) is 3.60. The Morgan fingerprint density at radius 1 is 1.10 bits per heavy atom. The van der Waals surface area contributed by atoms with E-state index in [0.29, 0.717) is 5.22 Å². The number of amides is 1. The number of aryl methyl sites for hydroxylation is 1. The Kier molecular flexibility index (Phi) is 5.61. The van der Waals surface area contributed by atoms with Crippen molar-refractivity contribution in [3.8, 4) is 0 Å². The third-order valence-corrected chi connectivity index (χ3v) is 8.10. The normalized spacial score (nSPS) is 29.3. The average molecular weight is 426 g/mol. The molecule has 0 aliphatic heterocycles. The Labute approximate surface area is 182 Å². The third kappa shape index (κ3) is 4.16. The lowest BCUT2D eigenvalue weighted by Crippen LogP contribution is -2.48. The van der Waals surface area contributed by atoms with Crippen LogP contribution in [0.25, 0.3) is 0 Å². The zero-order valence-corrected chi connectivity index (χ0v) is 18.5. The van der Waals surface area contributed by atoms with Crippen molar-refractivity contribution >= 4 is 23.4 Å². The SMILES string of the molecule is CCCCc1ccc(NC(=O)CSc2nnc(C34CC5CC(CC(C5)C3)C4)o2)cc1. The first kappa shape index (κ1) is 20.1. The molecule has 0 saturated heterocycles. The molecule has 30 heavy (non-hydrogen) atoms. The molecular weight excluding hydrogens is 394 g/mol. The maximum absolute atomic E-state index is 12.3.